The largest absolute Gasteiger partial charge is 0.416 e. The van der Waals surface area contributed by atoms with Crippen molar-refractivity contribution in [2.45, 2.75) is 38.9 Å². The van der Waals surface area contributed by atoms with Crippen LogP contribution in [-0.2, 0) is 17.4 Å². The minimum absolute atomic E-state index is 0.0135. The molecule has 3 nitrogen and oxygen atoms in total. The molecule has 1 aromatic rings. The van der Waals surface area contributed by atoms with Crippen molar-refractivity contribution >= 4 is 5.91 Å². The standard InChI is InChI=1S/C15H20F3NO2/c1-10(9-20)11(2)19-14(21)8-5-12-3-6-13(7-4-12)15(16,17)18/h3-4,6-7,10-11,20H,5,8-9H2,1-2H3,(H,19,21). The van der Waals surface area contributed by atoms with Crippen molar-refractivity contribution in [2.75, 3.05) is 6.61 Å². The van der Waals surface area contributed by atoms with Gasteiger partial charge in [0.2, 0.25) is 5.91 Å². The molecule has 0 heterocycles. The molecule has 0 saturated carbocycles. The zero-order valence-electron chi connectivity index (χ0n) is 12.1. The molecule has 0 aliphatic carbocycles. The highest BCUT2D eigenvalue weighted by Crippen LogP contribution is 2.29. The van der Waals surface area contributed by atoms with Crippen LogP contribution in [0.3, 0.4) is 0 Å². The second-order valence-electron chi connectivity index (χ2n) is 5.21. The third-order valence-electron chi connectivity index (χ3n) is 3.45. The van der Waals surface area contributed by atoms with Crippen molar-refractivity contribution in [2.24, 2.45) is 5.92 Å². The van der Waals surface area contributed by atoms with Gasteiger partial charge >= 0.3 is 6.18 Å². The number of rotatable bonds is 6. The molecule has 1 rings (SSSR count). The molecular formula is C15H20F3NO2. The van der Waals surface area contributed by atoms with E-state index in [1.54, 1.807) is 6.92 Å². The summed E-state index contributed by atoms with van der Waals surface area (Å²) in [5.74, 6) is -0.220. The van der Waals surface area contributed by atoms with Crippen molar-refractivity contribution in [1.82, 2.24) is 5.32 Å². The van der Waals surface area contributed by atoms with Gasteiger partial charge in [-0.05, 0) is 37.0 Å². The summed E-state index contributed by atoms with van der Waals surface area (Å²) in [4.78, 5) is 11.7. The minimum Gasteiger partial charge on any atom is -0.396 e. The molecular weight excluding hydrogens is 283 g/mol. The van der Waals surface area contributed by atoms with Crippen molar-refractivity contribution in [3.63, 3.8) is 0 Å². The lowest BCUT2D eigenvalue weighted by Gasteiger charge is -2.19. The highest BCUT2D eigenvalue weighted by atomic mass is 19.4. The number of nitrogens with one attached hydrogen (secondary N) is 1. The molecule has 118 valence electrons. The van der Waals surface area contributed by atoms with Gasteiger partial charge in [0.15, 0.2) is 0 Å². The lowest BCUT2D eigenvalue weighted by Crippen LogP contribution is -2.38. The maximum Gasteiger partial charge on any atom is 0.416 e. The number of hydrogen-bond donors (Lipinski definition) is 2. The van der Waals surface area contributed by atoms with Crippen LogP contribution >= 0.6 is 0 Å². The van der Waals surface area contributed by atoms with Crippen LogP contribution in [0, 0.1) is 5.92 Å². The number of benzene rings is 1. The fraction of sp³-hybridized carbons (Fsp3) is 0.533. The van der Waals surface area contributed by atoms with Crippen LogP contribution in [0.25, 0.3) is 0 Å². The van der Waals surface area contributed by atoms with Gasteiger partial charge in [0.1, 0.15) is 0 Å². The first-order chi connectivity index (χ1) is 9.74. The quantitative estimate of drug-likeness (QED) is 0.849. The number of carbonyl (C=O) groups excluding carboxylic acids is 1. The van der Waals surface area contributed by atoms with Crippen LogP contribution in [0.4, 0.5) is 13.2 Å². The van der Waals surface area contributed by atoms with E-state index < -0.39 is 11.7 Å². The maximum atomic E-state index is 12.4. The summed E-state index contributed by atoms with van der Waals surface area (Å²) < 4.78 is 37.2. The number of amides is 1. The van der Waals surface area contributed by atoms with Crippen molar-refractivity contribution in [1.29, 1.82) is 0 Å². The Morgan fingerprint density at radius 3 is 2.29 bits per heavy atom. The van der Waals surface area contributed by atoms with Gasteiger partial charge in [-0.15, -0.1) is 0 Å². The van der Waals surface area contributed by atoms with E-state index in [-0.39, 0.29) is 30.9 Å². The number of carbonyl (C=O) groups is 1. The van der Waals surface area contributed by atoms with E-state index in [2.05, 4.69) is 5.32 Å². The zero-order chi connectivity index (χ0) is 16.0. The molecule has 0 saturated heterocycles. The zero-order valence-corrected chi connectivity index (χ0v) is 12.1. The summed E-state index contributed by atoms with van der Waals surface area (Å²) >= 11 is 0. The summed E-state index contributed by atoms with van der Waals surface area (Å²) in [5.41, 5.74) is -0.0119. The highest BCUT2D eigenvalue weighted by Gasteiger charge is 2.29. The van der Waals surface area contributed by atoms with Crippen molar-refractivity contribution < 1.29 is 23.1 Å². The number of aliphatic hydroxyl groups excluding tert-OH is 1. The van der Waals surface area contributed by atoms with E-state index in [1.807, 2.05) is 6.92 Å². The Balaban J connectivity index is 2.47. The van der Waals surface area contributed by atoms with Crippen LogP contribution in [0.1, 0.15) is 31.4 Å². The van der Waals surface area contributed by atoms with Crippen molar-refractivity contribution in [3.8, 4) is 0 Å². The molecule has 0 fully saturated rings. The molecule has 0 aliphatic heterocycles. The first-order valence-electron chi connectivity index (χ1n) is 6.80. The average molecular weight is 303 g/mol. The summed E-state index contributed by atoms with van der Waals surface area (Å²) in [7, 11) is 0. The van der Waals surface area contributed by atoms with E-state index in [0.29, 0.717) is 12.0 Å². The van der Waals surface area contributed by atoms with Crippen LogP contribution in [0.2, 0.25) is 0 Å². The second-order valence-corrected chi connectivity index (χ2v) is 5.21. The van der Waals surface area contributed by atoms with Crippen molar-refractivity contribution in [3.05, 3.63) is 35.4 Å². The van der Waals surface area contributed by atoms with Gasteiger partial charge in [-0.1, -0.05) is 19.1 Å². The fourth-order valence-electron chi connectivity index (χ4n) is 1.74. The van der Waals surface area contributed by atoms with Crippen LogP contribution in [0.5, 0.6) is 0 Å². The summed E-state index contributed by atoms with van der Waals surface area (Å²) in [6, 6.07) is 4.66. The van der Waals surface area contributed by atoms with Gasteiger partial charge in [0.05, 0.1) is 5.56 Å². The third kappa shape index (κ3) is 5.75. The molecule has 2 unspecified atom stereocenters. The molecule has 2 N–H and O–H groups in total. The van der Waals surface area contributed by atoms with E-state index in [9.17, 15) is 18.0 Å². The Labute approximate surface area is 122 Å². The summed E-state index contributed by atoms with van der Waals surface area (Å²) in [6.07, 6.45) is -3.76. The summed E-state index contributed by atoms with van der Waals surface area (Å²) in [6.45, 7) is 3.61. The predicted molar refractivity (Wildman–Crippen MR) is 73.6 cm³/mol. The Morgan fingerprint density at radius 2 is 1.81 bits per heavy atom. The lowest BCUT2D eigenvalue weighted by atomic mass is 10.0. The predicted octanol–water partition coefficient (Wildman–Crippen LogP) is 2.77. The van der Waals surface area contributed by atoms with E-state index in [0.717, 1.165) is 12.1 Å². The number of hydrogen-bond acceptors (Lipinski definition) is 2. The van der Waals surface area contributed by atoms with Gasteiger partial charge in [0, 0.05) is 19.1 Å². The van der Waals surface area contributed by atoms with Gasteiger partial charge in [-0.2, -0.15) is 13.2 Å². The Morgan fingerprint density at radius 1 is 1.24 bits per heavy atom. The van der Waals surface area contributed by atoms with E-state index in [4.69, 9.17) is 5.11 Å². The molecule has 0 bridgehead atoms. The Bertz CT molecular complexity index is 457. The molecule has 6 heteroatoms. The number of aliphatic hydroxyl groups is 1. The topological polar surface area (TPSA) is 49.3 Å². The van der Waals surface area contributed by atoms with Crippen LogP contribution < -0.4 is 5.32 Å². The Kier molecular flexibility index (Phi) is 6.20. The number of halogens is 3. The molecule has 0 spiro atoms. The first-order valence-corrected chi connectivity index (χ1v) is 6.80. The molecule has 21 heavy (non-hydrogen) atoms. The molecule has 0 radical (unpaired) electrons. The van der Waals surface area contributed by atoms with E-state index >= 15 is 0 Å². The fourth-order valence-corrected chi connectivity index (χ4v) is 1.74. The van der Waals surface area contributed by atoms with Crippen LogP contribution in [0.15, 0.2) is 24.3 Å². The van der Waals surface area contributed by atoms with Gasteiger partial charge in [-0.3, -0.25) is 4.79 Å². The van der Waals surface area contributed by atoms with Gasteiger partial charge < -0.3 is 10.4 Å². The number of alkyl halides is 3. The molecule has 0 aromatic heterocycles. The normalized spacial score (nSPS) is 14.6. The second kappa shape index (κ2) is 7.45. The third-order valence-corrected chi connectivity index (χ3v) is 3.45. The molecule has 1 amide bonds. The SMILES string of the molecule is CC(CO)C(C)NC(=O)CCc1ccc(C(F)(F)F)cc1. The first kappa shape index (κ1) is 17.5. The van der Waals surface area contributed by atoms with Gasteiger partial charge in [-0.25, -0.2) is 0 Å². The molecule has 1 aromatic carbocycles. The average Bonchev–Trinajstić information content (AvgIpc) is 2.43. The monoisotopic (exact) mass is 303 g/mol. The minimum atomic E-state index is -4.34. The number of aryl methyl sites for hydroxylation is 1. The molecule has 0 aliphatic rings. The Hall–Kier alpha value is -1.56. The van der Waals surface area contributed by atoms with E-state index in [1.165, 1.54) is 12.1 Å². The maximum absolute atomic E-state index is 12.4. The van der Waals surface area contributed by atoms with Gasteiger partial charge in [0.25, 0.3) is 0 Å². The van der Waals surface area contributed by atoms with Crippen LogP contribution in [-0.4, -0.2) is 23.7 Å². The lowest BCUT2D eigenvalue weighted by molar-refractivity contribution is -0.137. The smallest absolute Gasteiger partial charge is 0.396 e. The highest BCUT2D eigenvalue weighted by molar-refractivity contribution is 5.76. The summed E-state index contributed by atoms with van der Waals surface area (Å²) in [5, 5.41) is 11.7. The molecule has 2 atom stereocenters.